The number of alkyl halides is 3. The number of hydrogen-bond donors (Lipinski definition) is 1. The summed E-state index contributed by atoms with van der Waals surface area (Å²) in [5.74, 6) is 0.230. The van der Waals surface area contributed by atoms with Crippen molar-refractivity contribution in [3.05, 3.63) is 60.3 Å². The van der Waals surface area contributed by atoms with Crippen molar-refractivity contribution < 1.29 is 22.6 Å². The van der Waals surface area contributed by atoms with Crippen molar-refractivity contribution in [3.63, 3.8) is 0 Å². The third-order valence-electron chi connectivity index (χ3n) is 6.48. The van der Waals surface area contributed by atoms with E-state index in [2.05, 4.69) is 32.9 Å². The van der Waals surface area contributed by atoms with Gasteiger partial charge >= 0.3 is 6.18 Å². The molecule has 2 aliphatic heterocycles. The van der Waals surface area contributed by atoms with Crippen LogP contribution in [0.15, 0.2) is 49.2 Å². The number of halogens is 3. The molecular weight excluding hydrogens is 445 g/mol. The smallest absolute Gasteiger partial charge is 0.380 e. The molecule has 1 N–H and O–H groups in total. The third kappa shape index (κ3) is 5.31. The number of rotatable bonds is 9. The van der Waals surface area contributed by atoms with E-state index in [1.165, 1.54) is 0 Å². The van der Waals surface area contributed by atoms with E-state index in [1.807, 2.05) is 13.1 Å². The van der Waals surface area contributed by atoms with Crippen LogP contribution in [0.2, 0.25) is 0 Å². The second-order valence-corrected chi connectivity index (χ2v) is 8.66. The molecular formula is C25H31F3N4O2. The van der Waals surface area contributed by atoms with E-state index in [0.717, 1.165) is 42.7 Å². The molecule has 2 saturated heterocycles. The van der Waals surface area contributed by atoms with Gasteiger partial charge in [0, 0.05) is 67.3 Å². The van der Waals surface area contributed by atoms with Gasteiger partial charge in [-0.25, -0.2) is 4.98 Å². The van der Waals surface area contributed by atoms with Crippen molar-refractivity contribution in [2.75, 3.05) is 46.1 Å². The fraction of sp³-hybridized carbons (Fsp3) is 0.480. The molecule has 9 heteroatoms. The first kappa shape index (κ1) is 24.3. The van der Waals surface area contributed by atoms with Crippen LogP contribution in [0, 0.1) is 5.92 Å². The Morgan fingerprint density at radius 3 is 2.62 bits per heavy atom. The molecule has 0 bridgehead atoms. The van der Waals surface area contributed by atoms with Gasteiger partial charge in [0.15, 0.2) is 0 Å². The average Bonchev–Trinajstić information content (AvgIpc) is 3.22. The van der Waals surface area contributed by atoms with E-state index in [4.69, 9.17) is 9.47 Å². The molecule has 2 aromatic heterocycles. The second-order valence-electron chi connectivity index (χ2n) is 8.66. The van der Waals surface area contributed by atoms with Crippen molar-refractivity contribution in [1.29, 1.82) is 0 Å². The van der Waals surface area contributed by atoms with E-state index >= 15 is 0 Å². The highest BCUT2D eigenvalue weighted by Crippen LogP contribution is 2.35. The van der Waals surface area contributed by atoms with Gasteiger partial charge in [-0.05, 0) is 23.6 Å². The van der Waals surface area contributed by atoms with Crippen molar-refractivity contribution in [3.8, 4) is 0 Å². The van der Waals surface area contributed by atoms with Gasteiger partial charge in [0.2, 0.25) is 0 Å². The predicted molar refractivity (Wildman–Crippen MR) is 126 cm³/mol. The molecule has 0 spiro atoms. The van der Waals surface area contributed by atoms with Crippen molar-refractivity contribution >= 4 is 16.6 Å². The summed E-state index contributed by atoms with van der Waals surface area (Å²) in [5.41, 5.74) is 3.06. The maximum Gasteiger partial charge on any atom is 0.418 e. The van der Waals surface area contributed by atoms with E-state index in [0.29, 0.717) is 45.0 Å². The maximum absolute atomic E-state index is 13.4. The molecule has 4 heterocycles. The van der Waals surface area contributed by atoms with Crippen molar-refractivity contribution in [2.45, 2.75) is 25.9 Å². The number of pyridine rings is 1. The number of allylic oxidation sites excluding steroid dienone is 1. The molecule has 2 fully saturated rings. The molecule has 0 aromatic carbocycles. The lowest BCUT2D eigenvalue weighted by Gasteiger charge is -2.36. The SMILES string of the molecule is C=C(C1COC1)N(/C=C(\CC)c1cnc2[nH]cc(C(F)(F)F)c2c1)CCC(=C)N1CCOCC1. The van der Waals surface area contributed by atoms with Gasteiger partial charge in [0.25, 0.3) is 0 Å². The lowest BCUT2D eigenvalue weighted by atomic mass is 10.0. The molecule has 34 heavy (non-hydrogen) atoms. The van der Waals surface area contributed by atoms with Gasteiger partial charge < -0.3 is 24.3 Å². The summed E-state index contributed by atoms with van der Waals surface area (Å²) < 4.78 is 51.1. The molecule has 6 nitrogen and oxygen atoms in total. The molecule has 4 rings (SSSR count). The van der Waals surface area contributed by atoms with Gasteiger partial charge in [0.1, 0.15) is 5.65 Å². The van der Waals surface area contributed by atoms with E-state index < -0.39 is 11.7 Å². The topological polar surface area (TPSA) is 53.6 Å². The van der Waals surface area contributed by atoms with Crippen LogP contribution in [0.1, 0.15) is 30.9 Å². The summed E-state index contributed by atoms with van der Waals surface area (Å²) >= 11 is 0. The molecule has 184 valence electrons. The Morgan fingerprint density at radius 1 is 1.26 bits per heavy atom. The normalized spacial score (nSPS) is 17.6. The quantitative estimate of drug-likeness (QED) is 0.550. The fourth-order valence-electron chi connectivity index (χ4n) is 4.21. The van der Waals surface area contributed by atoms with Crippen LogP contribution in [-0.4, -0.2) is 65.8 Å². The highest BCUT2D eigenvalue weighted by Gasteiger charge is 2.34. The first-order valence-electron chi connectivity index (χ1n) is 11.6. The summed E-state index contributed by atoms with van der Waals surface area (Å²) in [4.78, 5) is 11.2. The van der Waals surface area contributed by atoms with E-state index in [-0.39, 0.29) is 17.0 Å². The minimum absolute atomic E-state index is 0.0721. The fourth-order valence-corrected chi connectivity index (χ4v) is 4.21. The first-order valence-corrected chi connectivity index (χ1v) is 11.6. The summed E-state index contributed by atoms with van der Waals surface area (Å²) in [6.45, 7) is 15.5. The van der Waals surface area contributed by atoms with Gasteiger partial charge in [-0.1, -0.05) is 20.1 Å². The standard InChI is InChI=1S/C25H31F3N4O2/c1-4-19(20-11-22-23(25(26,27)28)13-30-24(22)29-12-20)14-32(18(3)21-15-34-16-21)6-5-17(2)31-7-9-33-10-8-31/h11-14,21H,2-10,15-16H2,1H3,(H,29,30)/b19-14+. The third-order valence-corrected chi connectivity index (χ3v) is 6.48. The highest BCUT2D eigenvalue weighted by atomic mass is 19.4. The van der Waals surface area contributed by atoms with Crippen molar-refractivity contribution in [1.82, 2.24) is 19.8 Å². The monoisotopic (exact) mass is 476 g/mol. The Hall–Kier alpha value is -2.78. The molecule has 0 saturated carbocycles. The van der Waals surface area contributed by atoms with Gasteiger partial charge in [-0.15, -0.1) is 0 Å². The first-order chi connectivity index (χ1) is 16.3. The summed E-state index contributed by atoms with van der Waals surface area (Å²) in [6.07, 6.45) is 1.52. The van der Waals surface area contributed by atoms with Crippen molar-refractivity contribution in [2.24, 2.45) is 5.92 Å². The average molecular weight is 477 g/mol. The summed E-state index contributed by atoms with van der Waals surface area (Å²) in [7, 11) is 0. The number of hydrogen-bond acceptors (Lipinski definition) is 5. The second kappa shape index (κ2) is 10.2. The highest BCUT2D eigenvalue weighted by molar-refractivity contribution is 5.84. The van der Waals surface area contributed by atoms with Crippen LogP contribution in [0.4, 0.5) is 13.2 Å². The molecule has 2 aromatic rings. The largest absolute Gasteiger partial charge is 0.418 e. The zero-order valence-corrected chi connectivity index (χ0v) is 19.5. The molecule has 0 radical (unpaired) electrons. The number of fused-ring (bicyclic) bond motifs is 1. The van der Waals surface area contributed by atoms with Crippen LogP contribution in [-0.2, 0) is 15.7 Å². The molecule has 2 aliphatic rings. The molecule has 0 aliphatic carbocycles. The number of nitrogens with zero attached hydrogens (tertiary/aromatic N) is 3. The molecule has 0 atom stereocenters. The minimum atomic E-state index is -4.45. The lowest BCUT2D eigenvalue weighted by molar-refractivity contribution is -0.136. The number of aromatic amines is 1. The zero-order chi connectivity index (χ0) is 24.3. The minimum Gasteiger partial charge on any atom is -0.380 e. The number of morpholine rings is 1. The van der Waals surface area contributed by atoms with Gasteiger partial charge in [-0.3, -0.25) is 0 Å². The van der Waals surface area contributed by atoms with Gasteiger partial charge in [0.05, 0.1) is 32.0 Å². The Labute approximate surface area is 197 Å². The van der Waals surface area contributed by atoms with Crippen LogP contribution >= 0.6 is 0 Å². The van der Waals surface area contributed by atoms with E-state index in [1.54, 1.807) is 12.3 Å². The number of H-pyrrole nitrogens is 1. The number of aromatic nitrogens is 2. The summed E-state index contributed by atoms with van der Waals surface area (Å²) in [6, 6.07) is 1.57. The van der Waals surface area contributed by atoms with Crippen LogP contribution in [0.25, 0.3) is 16.6 Å². The maximum atomic E-state index is 13.4. The zero-order valence-electron chi connectivity index (χ0n) is 19.5. The number of nitrogens with one attached hydrogen (secondary N) is 1. The lowest BCUT2D eigenvalue weighted by Crippen LogP contribution is -2.38. The van der Waals surface area contributed by atoms with Gasteiger partial charge in [-0.2, -0.15) is 13.2 Å². The summed E-state index contributed by atoms with van der Waals surface area (Å²) in [5, 5.41) is 0.0721. The van der Waals surface area contributed by atoms with Crippen LogP contribution in [0.5, 0.6) is 0 Å². The number of ether oxygens (including phenoxy) is 2. The Kier molecular flexibility index (Phi) is 7.33. The Morgan fingerprint density at radius 2 is 2.00 bits per heavy atom. The Balaban J connectivity index is 1.59. The van der Waals surface area contributed by atoms with E-state index in [9.17, 15) is 13.2 Å². The molecule has 0 amide bonds. The molecule has 0 unspecified atom stereocenters. The Bertz CT molecular complexity index is 1070. The van der Waals surface area contributed by atoms with Crippen LogP contribution < -0.4 is 0 Å². The predicted octanol–water partition coefficient (Wildman–Crippen LogP) is 5.03. The van der Waals surface area contributed by atoms with Crippen LogP contribution in [0.3, 0.4) is 0 Å².